The molecule has 0 aliphatic heterocycles. The summed E-state index contributed by atoms with van der Waals surface area (Å²) in [6.45, 7) is 0.707. The van der Waals surface area contributed by atoms with E-state index in [0.29, 0.717) is 12.1 Å². The van der Waals surface area contributed by atoms with Gasteiger partial charge >= 0.3 is 0 Å². The first kappa shape index (κ1) is 13.9. The van der Waals surface area contributed by atoms with E-state index in [2.05, 4.69) is 15.6 Å². The van der Waals surface area contributed by atoms with E-state index in [1.807, 2.05) is 54.7 Å². The predicted octanol–water partition coefficient (Wildman–Crippen LogP) is 3.48. The molecule has 1 aromatic heterocycles. The molecule has 0 bridgehead atoms. The first-order valence-corrected chi connectivity index (χ1v) is 6.95. The fraction of sp³-hybridized carbons (Fsp3) is 0.111. The van der Waals surface area contributed by atoms with E-state index in [4.69, 9.17) is 10.00 Å². The minimum atomic E-state index is 0.669. The maximum Gasteiger partial charge on any atom is 0.140 e. The third kappa shape index (κ3) is 2.84. The van der Waals surface area contributed by atoms with E-state index in [1.165, 1.54) is 0 Å². The van der Waals surface area contributed by atoms with Gasteiger partial charge in [0.15, 0.2) is 0 Å². The number of aromatic nitrogens is 2. The van der Waals surface area contributed by atoms with Gasteiger partial charge in [-0.25, -0.2) is 4.98 Å². The van der Waals surface area contributed by atoms with Crippen LogP contribution >= 0.6 is 0 Å². The lowest BCUT2D eigenvalue weighted by molar-refractivity contribution is 0.415. The average Bonchev–Trinajstić information content (AvgIpc) is 3.04. The molecule has 2 aromatic carbocycles. The minimum Gasteiger partial charge on any atom is -0.497 e. The summed E-state index contributed by atoms with van der Waals surface area (Å²) >= 11 is 0. The van der Waals surface area contributed by atoms with Crippen molar-refractivity contribution in [1.82, 2.24) is 9.55 Å². The number of hydrogen-bond donors (Lipinski definition) is 0. The molecule has 4 nitrogen and oxygen atoms in total. The van der Waals surface area contributed by atoms with Crippen LogP contribution < -0.4 is 4.74 Å². The molecule has 0 fully saturated rings. The second-order valence-electron chi connectivity index (χ2n) is 4.92. The standard InChI is InChI=1S/C18H15N3O/c1-22-17-4-2-3-16(11-17)18-20-9-10-21(18)13-15-7-5-14(12-19)6-8-15/h2-11H,13H2,1H3. The van der Waals surface area contributed by atoms with Gasteiger partial charge in [-0.2, -0.15) is 5.26 Å². The van der Waals surface area contributed by atoms with Crippen LogP contribution in [-0.4, -0.2) is 16.7 Å². The zero-order chi connectivity index (χ0) is 15.4. The number of rotatable bonds is 4. The summed E-state index contributed by atoms with van der Waals surface area (Å²) < 4.78 is 7.35. The van der Waals surface area contributed by atoms with E-state index < -0.39 is 0 Å². The van der Waals surface area contributed by atoms with Gasteiger partial charge in [-0.05, 0) is 29.8 Å². The molecule has 0 atom stereocenters. The lowest BCUT2D eigenvalue weighted by Crippen LogP contribution is -2.01. The molecule has 3 aromatic rings. The van der Waals surface area contributed by atoms with Crippen molar-refractivity contribution in [2.24, 2.45) is 0 Å². The van der Waals surface area contributed by atoms with Crippen LogP contribution in [0.1, 0.15) is 11.1 Å². The Morgan fingerprint density at radius 3 is 2.73 bits per heavy atom. The second-order valence-corrected chi connectivity index (χ2v) is 4.92. The van der Waals surface area contributed by atoms with Crippen LogP contribution in [0.2, 0.25) is 0 Å². The molecule has 0 spiro atoms. The highest BCUT2D eigenvalue weighted by atomic mass is 16.5. The number of benzene rings is 2. The zero-order valence-corrected chi connectivity index (χ0v) is 12.2. The largest absolute Gasteiger partial charge is 0.497 e. The van der Waals surface area contributed by atoms with Crippen LogP contribution in [-0.2, 0) is 6.54 Å². The highest BCUT2D eigenvalue weighted by Crippen LogP contribution is 2.23. The average molecular weight is 289 g/mol. The molecule has 0 N–H and O–H groups in total. The first-order valence-electron chi connectivity index (χ1n) is 6.95. The molecule has 0 saturated carbocycles. The van der Waals surface area contributed by atoms with E-state index in [1.54, 1.807) is 13.3 Å². The van der Waals surface area contributed by atoms with Gasteiger partial charge in [0.2, 0.25) is 0 Å². The van der Waals surface area contributed by atoms with Crippen LogP contribution in [0.15, 0.2) is 60.9 Å². The molecule has 108 valence electrons. The summed E-state index contributed by atoms with van der Waals surface area (Å²) in [5.74, 6) is 1.70. The maximum atomic E-state index is 8.85. The second kappa shape index (κ2) is 6.15. The molecule has 22 heavy (non-hydrogen) atoms. The molecule has 4 heteroatoms. The summed E-state index contributed by atoms with van der Waals surface area (Å²) in [4.78, 5) is 4.45. The van der Waals surface area contributed by atoms with Crippen molar-refractivity contribution in [2.45, 2.75) is 6.54 Å². The van der Waals surface area contributed by atoms with Crippen molar-refractivity contribution in [1.29, 1.82) is 5.26 Å². The van der Waals surface area contributed by atoms with E-state index >= 15 is 0 Å². The molecule has 0 aliphatic rings. The number of methoxy groups -OCH3 is 1. The van der Waals surface area contributed by atoms with Gasteiger partial charge in [-0.15, -0.1) is 0 Å². The van der Waals surface area contributed by atoms with Gasteiger partial charge in [-0.3, -0.25) is 0 Å². The van der Waals surface area contributed by atoms with Crippen molar-refractivity contribution in [2.75, 3.05) is 7.11 Å². The summed E-state index contributed by atoms with van der Waals surface area (Å²) in [5, 5.41) is 8.85. The predicted molar refractivity (Wildman–Crippen MR) is 84.5 cm³/mol. The number of hydrogen-bond acceptors (Lipinski definition) is 3. The van der Waals surface area contributed by atoms with Gasteiger partial charge in [-0.1, -0.05) is 24.3 Å². The van der Waals surface area contributed by atoms with Crippen LogP contribution in [0.3, 0.4) is 0 Å². The monoisotopic (exact) mass is 289 g/mol. The van der Waals surface area contributed by atoms with Crippen molar-refractivity contribution < 1.29 is 4.74 Å². The lowest BCUT2D eigenvalue weighted by Gasteiger charge is -2.09. The zero-order valence-electron chi connectivity index (χ0n) is 12.2. The third-order valence-electron chi connectivity index (χ3n) is 3.48. The lowest BCUT2D eigenvalue weighted by atomic mass is 10.1. The van der Waals surface area contributed by atoms with Crippen molar-refractivity contribution in [3.8, 4) is 23.2 Å². The van der Waals surface area contributed by atoms with Crippen molar-refractivity contribution >= 4 is 0 Å². The topological polar surface area (TPSA) is 50.8 Å². The SMILES string of the molecule is COc1cccc(-c2nccn2Cc2ccc(C#N)cc2)c1. The van der Waals surface area contributed by atoms with Crippen molar-refractivity contribution in [3.63, 3.8) is 0 Å². The van der Waals surface area contributed by atoms with Crippen LogP contribution in [0.4, 0.5) is 0 Å². The Kier molecular flexibility index (Phi) is 3.88. The normalized spacial score (nSPS) is 10.2. The number of ether oxygens (including phenoxy) is 1. The van der Waals surface area contributed by atoms with E-state index in [-0.39, 0.29) is 0 Å². The molecule has 3 rings (SSSR count). The molecule has 0 radical (unpaired) electrons. The van der Waals surface area contributed by atoms with Gasteiger partial charge in [0.25, 0.3) is 0 Å². The molecule has 0 amide bonds. The van der Waals surface area contributed by atoms with E-state index in [9.17, 15) is 0 Å². The fourth-order valence-electron chi connectivity index (χ4n) is 2.34. The Morgan fingerprint density at radius 2 is 2.00 bits per heavy atom. The summed E-state index contributed by atoms with van der Waals surface area (Å²) in [5.41, 5.74) is 2.81. The van der Waals surface area contributed by atoms with Crippen molar-refractivity contribution in [3.05, 3.63) is 72.1 Å². The first-order chi connectivity index (χ1) is 10.8. The molecular weight excluding hydrogens is 274 g/mol. The Morgan fingerprint density at radius 1 is 1.18 bits per heavy atom. The van der Waals surface area contributed by atoms with Gasteiger partial charge in [0.05, 0.1) is 18.7 Å². The summed E-state index contributed by atoms with van der Waals surface area (Å²) in [6.07, 6.45) is 3.74. The van der Waals surface area contributed by atoms with Crippen LogP contribution in [0.5, 0.6) is 5.75 Å². The molecule has 0 unspecified atom stereocenters. The Balaban J connectivity index is 1.89. The smallest absolute Gasteiger partial charge is 0.140 e. The highest BCUT2D eigenvalue weighted by molar-refractivity contribution is 5.58. The van der Waals surface area contributed by atoms with Crippen LogP contribution in [0, 0.1) is 11.3 Å². The fourth-order valence-corrected chi connectivity index (χ4v) is 2.34. The van der Waals surface area contributed by atoms with Crippen LogP contribution in [0.25, 0.3) is 11.4 Å². The Bertz CT molecular complexity index is 813. The Labute approximate surface area is 129 Å². The molecule has 0 saturated heterocycles. The summed E-state index contributed by atoms with van der Waals surface area (Å²) in [6, 6.07) is 17.6. The van der Waals surface area contributed by atoms with Gasteiger partial charge in [0.1, 0.15) is 11.6 Å². The van der Waals surface area contributed by atoms with E-state index in [0.717, 1.165) is 22.7 Å². The van der Waals surface area contributed by atoms with Gasteiger partial charge in [0, 0.05) is 24.5 Å². The Hall–Kier alpha value is -3.06. The number of nitriles is 1. The number of imidazole rings is 1. The molecule has 0 aliphatic carbocycles. The quantitative estimate of drug-likeness (QED) is 0.739. The van der Waals surface area contributed by atoms with Gasteiger partial charge < -0.3 is 9.30 Å². The highest BCUT2D eigenvalue weighted by Gasteiger charge is 2.07. The summed E-state index contributed by atoms with van der Waals surface area (Å²) in [7, 11) is 1.66. The number of nitrogens with zero attached hydrogens (tertiary/aromatic N) is 3. The maximum absolute atomic E-state index is 8.85. The molecular formula is C18H15N3O. The minimum absolute atomic E-state index is 0.669. The third-order valence-corrected chi connectivity index (χ3v) is 3.48. The molecule has 1 heterocycles.